The molecule has 256 valence electrons. The van der Waals surface area contributed by atoms with Gasteiger partial charge in [-0.25, -0.2) is 0 Å². The fourth-order valence-electron chi connectivity index (χ4n) is 5.74. The third-order valence-corrected chi connectivity index (χ3v) is 8.41. The van der Waals surface area contributed by atoms with Crippen LogP contribution in [0.2, 0.25) is 0 Å². The van der Waals surface area contributed by atoms with E-state index in [0.29, 0.717) is 0 Å². The van der Waals surface area contributed by atoms with Crippen LogP contribution in [-0.4, -0.2) is 211 Å². The molecule has 44 heavy (non-hydrogen) atoms. The topological polar surface area (TPSA) is 317 Å². The molecule has 20 atom stereocenters. The Balaban J connectivity index is 1.45. The highest BCUT2D eigenvalue weighted by Crippen LogP contribution is 2.33. The molecule has 0 saturated carbocycles. The smallest absolute Gasteiger partial charge is 0.187 e. The minimum absolute atomic E-state index is 0.662. The largest absolute Gasteiger partial charge is 0.394 e. The van der Waals surface area contributed by atoms with Crippen molar-refractivity contribution in [1.29, 1.82) is 0 Å². The normalized spacial score (nSPS) is 55.9. The van der Waals surface area contributed by atoms with Crippen molar-refractivity contribution in [3.05, 3.63) is 0 Å². The molecule has 8 saturated heterocycles. The molecule has 8 bridgehead atoms. The molecule has 20 nitrogen and oxygen atoms in total. The van der Waals surface area contributed by atoms with Gasteiger partial charge in [-0.05, 0) is 0 Å². The summed E-state index contributed by atoms with van der Waals surface area (Å²) in [6.45, 7) is -2.95. The molecule has 0 aromatic rings. The number of aliphatic hydroxyl groups excluding tert-OH is 12. The van der Waals surface area contributed by atoms with Gasteiger partial charge < -0.3 is 99.2 Å². The zero-order valence-corrected chi connectivity index (χ0v) is 23.0. The first-order valence-electron chi connectivity index (χ1n) is 14.1. The van der Waals surface area contributed by atoms with Gasteiger partial charge in [-0.2, -0.15) is 0 Å². The molecule has 20 heteroatoms. The van der Waals surface area contributed by atoms with E-state index in [0.717, 1.165) is 0 Å². The molecule has 8 fully saturated rings. The van der Waals surface area contributed by atoms with Gasteiger partial charge in [0.15, 0.2) is 25.2 Å². The Morgan fingerprint density at radius 3 is 1.05 bits per heavy atom. The predicted octanol–water partition coefficient (Wildman–Crippen LogP) is -8.70. The lowest BCUT2D eigenvalue weighted by Gasteiger charge is -2.48. The second-order valence-corrected chi connectivity index (χ2v) is 11.3. The van der Waals surface area contributed by atoms with Crippen molar-refractivity contribution in [2.24, 2.45) is 0 Å². The minimum atomic E-state index is -1.91. The van der Waals surface area contributed by atoms with Crippen LogP contribution in [0.4, 0.5) is 0 Å². The van der Waals surface area contributed by atoms with Gasteiger partial charge in [0.1, 0.15) is 97.7 Å². The molecule has 0 spiro atoms. The van der Waals surface area contributed by atoms with Gasteiger partial charge in [0, 0.05) is 0 Å². The van der Waals surface area contributed by atoms with Crippen molar-refractivity contribution in [3.8, 4) is 0 Å². The Labute approximate surface area is 249 Å². The first kappa shape index (κ1) is 34.5. The minimum Gasteiger partial charge on any atom is -0.394 e. The Bertz CT molecular complexity index is 856. The molecular weight excluding hydrogens is 608 g/mol. The Morgan fingerprint density at radius 1 is 0.364 bits per heavy atom. The van der Waals surface area contributed by atoms with Crippen molar-refractivity contribution in [3.63, 3.8) is 0 Å². The first-order valence-corrected chi connectivity index (χ1v) is 14.1. The number of ether oxygens (including phenoxy) is 8. The van der Waals surface area contributed by atoms with E-state index in [1.165, 1.54) is 0 Å². The summed E-state index contributed by atoms with van der Waals surface area (Å²) in [5.41, 5.74) is 0. The molecule has 0 amide bonds. The summed E-state index contributed by atoms with van der Waals surface area (Å²) in [7, 11) is 0. The molecule has 8 aliphatic heterocycles. The highest BCUT2D eigenvalue weighted by molar-refractivity contribution is 4.97. The van der Waals surface area contributed by atoms with Gasteiger partial charge in [-0.3, -0.25) is 0 Å². The Morgan fingerprint density at radius 2 is 0.705 bits per heavy atom. The van der Waals surface area contributed by atoms with Crippen molar-refractivity contribution in [2.45, 2.75) is 123 Å². The van der Waals surface area contributed by atoms with Gasteiger partial charge in [-0.1, -0.05) is 0 Å². The van der Waals surface area contributed by atoms with E-state index < -0.39 is 149 Å². The van der Waals surface area contributed by atoms with Gasteiger partial charge in [0.2, 0.25) is 0 Å². The average Bonchev–Trinajstić information content (AvgIpc) is 3.01. The molecule has 0 unspecified atom stereocenters. The van der Waals surface area contributed by atoms with Crippen LogP contribution in [0.15, 0.2) is 0 Å². The van der Waals surface area contributed by atoms with Crippen molar-refractivity contribution in [2.75, 3.05) is 26.4 Å². The van der Waals surface area contributed by atoms with E-state index in [2.05, 4.69) is 0 Å². The van der Waals surface area contributed by atoms with Gasteiger partial charge in [-0.15, -0.1) is 0 Å². The molecule has 0 aliphatic carbocycles. The van der Waals surface area contributed by atoms with Crippen LogP contribution < -0.4 is 0 Å². The fourth-order valence-corrected chi connectivity index (χ4v) is 5.74. The monoisotopic (exact) mass is 648 g/mol. The highest BCUT2D eigenvalue weighted by Gasteiger charge is 2.54. The summed E-state index contributed by atoms with van der Waals surface area (Å²) in [4.78, 5) is 0. The predicted molar refractivity (Wildman–Crippen MR) is 131 cm³/mol. The number of hydrogen-bond donors (Lipinski definition) is 12. The number of aliphatic hydroxyl groups is 12. The second-order valence-electron chi connectivity index (χ2n) is 11.3. The molecule has 0 aromatic carbocycles. The van der Waals surface area contributed by atoms with Crippen molar-refractivity contribution >= 4 is 0 Å². The third-order valence-electron chi connectivity index (χ3n) is 8.41. The van der Waals surface area contributed by atoms with Gasteiger partial charge in [0.05, 0.1) is 26.4 Å². The average molecular weight is 649 g/mol. The van der Waals surface area contributed by atoms with Crippen LogP contribution in [0.25, 0.3) is 0 Å². The maximum Gasteiger partial charge on any atom is 0.187 e. The van der Waals surface area contributed by atoms with E-state index in [4.69, 9.17) is 37.9 Å². The van der Waals surface area contributed by atoms with Crippen LogP contribution in [0.5, 0.6) is 0 Å². The Kier molecular flexibility index (Phi) is 11.1. The molecule has 8 heterocycles. The van der Waals surface area contributed by atoms with E-state index >= 15 is 0 Å². The fraction of sp³-hybridized carbons (Fsp3) is 1.00. The van der Waals surface area contributed by atoms with Crippen LogP contribution in [0.1, 0.15) is 0 Å². The molecule has 0 aromatic heterocycles. The van der Waals surface area contributed by atoms with E-state index in [9.17, 15) is 61.3 Å². The SMILES string of the molecule is OC[C@H]1O[C@@H]2OC[C@H]3O[C@H](O[C@H]4[C@H](O)[C@@H](O)[C@@H](OC[C@H]5O[C@H](O[C@H]1[C@H](O)[C@H]2O)[C@H](O)[C@@H](O)[C@@H]5O)O[C@@H]4CO)[C@H](O)[C@@H](O)[C@@H]3O. The van der Waals surface area contributed by atoms with E-state index in [-0.39, 0.29) is 0 Å². The zero-order valence-electron chi connectivity index (χ0n) is 23.0. The van der Waals surface area contributed by atoms with Crippen LogP contribution in [-0.2, 0) is 37.9 Å². The lowest BCUT2D eigenvalue weighted by Crippen LogP contribution is -2.66. The lowest BCUT2D eigenvalue weighted by atomic mass is 9.96. The summed E-state index contributed by atoms with van der Waals surface area (Å²) in [6.07, 6.45) is -34.6. The first-order chi connectivity index (χ1) is 20.9. The summed E-state index contributed by atoms with van der Waals surface area (Å²) in [5, 5.41) is 126. The molecule has 0 radical (unpaired) electrons. The Hall–Kier alpha value is -0.800. The van der Waals surface area contributed by atoms with Crippen LogP contribution in [0.3, 0.4) is 0 Å². The lowest BCUT2D eigenvalue weighted by molar-refractivity contribution is -0.382. The number of hydrogen-bond acceptors (Lipinski definition) is 20. The quantitative estimate of drug-likeness (QED) is 0.132. The van der Waals surface area contributed by atoms with E-state index in [1.54, 1.807) is 0 Å². The number of rotatable bonds is 2. The van der Waals surface area contributed by atoms with Crippen LogP contribution in [0, 0.1) is 0 Å². The molecule has 8 aliphatic rings. The van der Waals surface area contributed by atoms with Crippen molar-refractivity contribution in [1.82, 2.24) is 0 Å². The summed E-state index contributed by atoms with van der Waals surface area (Å²) >= 11 is 0. The highest BCUT2D eigenvalue weighted by atomic mass is 16.8. The van der Waals surface area contributed by atoms with Crippen LogP contribution >= 0.6 is 0 Å². The summed E-state index contributed by atoms with van der Waals surface area (Å²) < 4.78 is 44.4. The van der Waals surface area contributed by atoms with Gasteiger partial charge in [0.25, 0.3) is 0 Å². The zero-order chi connectivity index (χ0) is 32.0. The molecule has 12 N–H and O–H groups in total. The summed E-state index contributed by atoms with van der Waals surface area (Å²) in [5.74, 6) is 0. The molecule has 8 rings (SSSR count). The maximum atomic E-state index is 10.8. The third kappa shape index (κ3) is 6.50. The standard InChI is InChI=1S/C24H40O20/c25-1-5-19-13(31)17(35)21(39-5)37-3-7-9(27)12(30)16(34)24(42-7)44-20-6(2-26)40-22(18(36)14(20)32)38-4-8-10(28)11(29)15(33)23(41-8)43-19/h5-36H,1-4H2/t5-,6-,7-,8-,9-,10-,11+,12+,13-,14-,15-,16-,17-,18-,19-,20-,21+,22+,23-,24-/m1/s1. The van der Waals surface area contributed by atoms with E-state index in [1.807, 2.05) is 0 Å². The van der Waals surface area contributed by atoms with Gasteiger partial charge >= 0.3 is 0 Å². The van der Waals surface area contributed by atoms with Crippen molar-refractivity contribution < 1.29 is 99.2 Å². The second kappa shape index (κ2) is 14.1. The summed E-state index contributed by atoms with van der Waals surface area (Å²) in [6, 6.07) is 0. The molecular formula is C24H40O20. The maximum absolute atomic E-state index is 10.8.